The van der Waals surface area contributed by atoms with E-state index in [1.54, 1.807) is 0 Å². The maximum absolute atomic E-state index is 12.3. The van der Waals surface area contributed by atoms with E-state index in [-0.39, 0.29) is 11.5 Å². The minimum Gasteiger partial charge on any atom is -0.481 e. The van der Waals surface area contributed by atoms with Gasteiger partial charge in [-0.25, -0.2) is 0 Å². The number of likely N-dealkylation sites (tertiary alicyclic amines) is 1. The Balaban J connectivity index is 2.04. The summed E-state index contributed by atoms with van der Waals surface area (Å²) in [4.78, 5) is 25.1. The number of carbonyl (C=O) groups is 2. The molecule has 7 heteroatoms. The van der Waals surface area contributed by atoms with E-state index in [4.69, 9.17) is 5.11 Å². The Labute approximate surface area is 154 Å². The van der Waals surface area contributed by atoms with E-state index < -0.39 is 11.9 Å². The monoisotopic (exact) mass is 439 g/mol. The number of piperidine rings is 1. The molecule has 1 aliphatic heterocycles. The zero-order chi connectivity index (χ0) is 17.7. The third kappa shape index (κ3) is 4.71. The molecule has 0 unspecified atom stereocenters. The molecule has 1 aromatic rings. The zero-order valence-electron chi connectivity index (χ0n) is 13.3. The number of anilines is 1. The molecule has 6 nitrogen and oxygen atoms in total. The quantitative estimate of drug-likeness (QED) is 0.428. The minimum absolute atomic E-state index is 0.0155. The maximum atomic E-state index is 12.3. The average molecular weight is 439 g/mol. The molecule has 0 atom stereocenters. The van der Waals surface area contributed by atoms with E-state index in [2.05, 4.69) is 27.9 Å². The molecule has 1 fully saturated rings. The first-order valence-electron chi connectivity index (χ1n) is 7.57. The number of carbonyl (C=O) groups excluding carboxylic acids is 1. The molecule has 0 bridgehead atoms. The third-order valence-electron chi connectivity index (χ3n) is 3.99. The number of nitrogens with zero attached hydrogens (tertiary/aromatic N) is 2. The SMILES string of the molecule is Cc1cc(I)ccc1NC(=O)/C(C#N)=C\N1CCC(C(=O)O)CC1. The highest BCUT2D eigenvalue weighted by Gasteiger charge is 2.24. The summed E-state index contributed by atoms with van der Waals surface area (Å²) in [7, 11) is 0. The minimum atomic E-state index is -0.786. The summed E-state index contributed by atoms with van der Waals surface area (Å²) in [5.74, 6) is -1.59. The fourth-order valence-electron chi connectivity index (χ4n) is 2.55. The predicted molar refractivity (Wildman–Crippen MR) is 98.2 cm³/mol. The van der Waals surface area contributed by atoms with Crippen molar-refractivity contribution in [2.45, 2.75) is 19.8 Å². The van der Waals surface area contributed by atoms with Crippen molar-refractivity contribution in [3.63, 3.8) is 0 Å². The van der Waals surface area contributed by atoms with Crippen molar-refractivity contribution < 1.29 is 14.7 Å². The largest absolute Gasteiger partial charge is 0.481 e. The lowest BCUT2D eigenvalue weighted by Crippen LogP contribution is -2.33. The highest BCUT2D eigenvalue weighted by atomic mass is 127. The highest BCUT2D eigenvalue weighted by Crippen LogP contribution is 2.20. The van der Waals surface area contributed by atoms with Gasteiger partial charge >= 0.3 is 5.97 Å². The molecule has 0 aliphatic carbocycles. The fraction of sp³-hybridized carbons (Fsp3) is 0.353. The van der Waals surface area contributed by atoms with Gasteiger partial charge in [-0.1, -0.05) is 0 Å². The van der Waals surface area contributed by atoms with Crippen LogP contribution in [-0.4, -0.2) is 35.0 Å². The van der Waals surface area contributed by atoms with E-state index in [0.717, 1.165) is 9.13 Å². The Morgan fingerprint density at radius 1 is 1.42 bits per heavy atom. The summed E-state index contributed by atoms with van der Waals surface area (Å²) in [6.07, 6.45) is 2.56. The lowest BCUT2D eigenvalue weighted by atomic mass is 9.97. The first kappa shape index (κ1) is 18.3. The summed E-state index contributed by atoms with van der Waals surface area (Å²) >= 11 is 2.19. The van der Waals surface area contributed by atoms with E-state index in [0.29, 0.717) is 31.6 Å². The molecule has 1 aliphatic rings. The number of halogens is 1. The van der Waals surface area contributed by atoms with Gasteiger partial charge < -0.3 is 15.3 Å². The molecule has 0 spiro atoms. The van der Waals surface area contributed by atoms with Crippen LogP contribution in [0.4, 0.5) is 5.69 Å². The predicted octanol–water partition coefficient (Wildman–Crippen LogP) is 2.74. The summed E-state index contributed by atoms with van der Waals surface area (Å²) in [6.45, 7) is 2.94. The van der Waals surface area contributed by atoms with Crippen LogP contribution in [0.5, 0.6) is 0 Å². The van der Waals surface area contributed by atoms with Crippen molar-refractivity contribution >= 4 is 40.2 Å². The molecule has 1 aromatic carbocycles. The Kier molecular flexibility index (Phi) is 6.20. The summed E-state index contributed by atoms with van der Waals surface area (Å²) < 4.78 is 1.07. The summed E-state index contributed by atoms with van der Waals surface area (Å²) in [5.41, 5.74) is 1.61. The summed E-state index contributed by atoms with van der Waals surface area (Å²) in [5, 5.41) is 21.0. The van der Waals surface area contributed by atoms with Crippen LogP contribution in [0.2, 0.25) is 0 Å². The van der Waals surface area contributed by atoms with E-state index in [1.807, 2.05) is 36.1 Å². The van der Waals surface area contributed by atoms with Crippen LogP contribution >= 0.6 is 22.6 Å². The van der Waals surface area contributed by atoms with Crippen LogP contribution in [0.3, 0.4) is 0 Å². The molecule has 0 aromatic heterocycles. The van der Waals surface area contributed by atoms with Gasteiger partial charge in [0.1, 0.15) is 11.6 Å². The van der Waals surface area contributed by atoms with Gasteiger partial charge in [0.15, 0.2) is 0 Å². The molecule has 0 saturated carbocycles. The number of aryl methyl sites for hydroxylation is 1. The second kappa shape index (κ2) is 8.15. The number of hydrogen-bond donors (Lipinski definition) is 2. The molecule has 126 valence electrons. The number of aliphatic carboxylic acids is 1. The lowest BCUT2D eigenvalue weighted by Gasteiger charge is -2.29. The average Bonchev–Trinajstić information content (AvgIpc) is 2.55. The van der Waals surface area contributed by atoms with Crippen molar-refractivity contribution in [1.82, 2.24) is 4.90 Å². The second-order valence-electron chi connectivity index (χ2n) is 5.72. The van der Waals surface area contributed by atoms with Gasteiger partial charge in [0.05, 0.1) is 5.92 Å². The number of carboxylic acid groups (broad SMARTS) is 1. The Bertz CT molecular complexity index is 716. The van der Waals surface area contributed by atoms with Crippen molar-refractivity contribution in [3.8, 4) is 6.07 Å². The number of hydrogen-bond acceptors (Lipinski definition) is 4. The molecule has 1 heterocycles. The molecule has 2 N–H and O–H groups in total. The molecular weight excluding hydrogens is 421 g/mol. The van der Waals surface area contributed by atoms with E-state index in [9.17, 15) is 14.9 Å². The molecule has 1 amide bonds. The number of benzene rings is 1. The van der Waals surface area contributed by atoms with Crippen LogP contribution in [-0.2, 0) is 9.59 Å². The Hall–Kier alpha value is -2.08. The van der Waals surface area contributed by atoms with Crippen LogP contribution in [0, 0.1) is 27.7 Å². The van der Waals surface area contributed by atoms with Gasteiger partial charge in [-0.3, -0.25) is 9.59 Å². The normalized spacial score (nSPS) is 15.7. The van der Waals surface area contributed by atoms with Crippen LogP contribution < -0.4 is 5.32 Å². The highest BCUT2D eigenvalue weighted by molar-refractivity contribution is 14.1. The van der Waals surface area contributed by atoms with E-state index in [1.165, 1.54) is 6.20 Å². The van der Waals surface area contributed by atoms with Gasteiger partial charge in [-0.05, 0) is 66.1 Å². The molecule has 24 heavy (non-hydrogen) atoms. The van der Waals surface area contributed by atoms with Crippen molar-refractivity contribution in [1.29, 1.82) is 5.26 Å². The van der Waals surface area contributed by atoms with Crippen molar-refractivity contribution in [3.05, 3.63) is 39.1 Å². The first-order valence-corrected chi connectivity index (χ1v) is 8.65. The standard InChI is InChI=1S/C17H18IN3O3/c1-11-8-14(18)2-3-15(11)20-16(22)13(9-19)10-21-6-4-12(5-7-21)17(23)24/h2-3,8,10,12H,4-7H2,1H3,(H,20,22)(H,23,24)/b13-10-. The second-order valence-corrected chi connectivity index (χ2v) is 6.96. The number of nitriles is 1. The number of nitrogens with one attached hydrogen (secondary N) is 1. The number of amides is 1. The third-order valence-corrected chi connectivity index (χ3v) is 4.66. The van der Waals surface area contributed by atoms with Crippen molar-refractivity contribution in [2.24, 2.45) is 5.92 Å². The van der Waals surface area contributed by atoms with Crippen LogP contribution in [0.1, 0.15) is 18.4 Å². The van der Waals surface area contributed by atoms with Crippen LogP contribution in [0.15, 0.2) is 30.0 Å². The van der Waals surface area contributed by atoms with Gasteiger partial charge in [0, 0.05) is 28.5 Å². The fourth-order valence-corrected chi connectivity index (χ4v) is 3.20. The molecule has 0 radical (unpaired) electrons. The van der Waals surface area contributed by atoms with Gasteiger partial charge in [0.2, 0.25) is 0 Å². The van der Waals surface area contributed by atoms with Crippen molar-refractivity contribution in [2.75, 3.05) is 18.4 Å². The molecule has 1 saturated heterocycles. The van der Waals surface area contributed by atoms with E-state index >= 15 is 0 Å². The first-order chi connectivity index (χ1) is 11.4. The number of carboxylic acids is 1. The number of rotatable bonds is 4. The zero-order valence-corrected chi connectivity index (χ0v) is 15.4. The van der Waals surface area contributed by atoms with Gasteiger partial charge in [-0.2, -0.15) is 5.26 Å². The smallest absolute Gasteiger partial charge is 0.306 e. The lowest BCUT2D eigenvalue weighted by molar-refractivity contribution is -0.143. The van der Waals surface area contributed by atoms with Gasteiger partial charge in [-0.15, -0.1) is 0 Å². The Morgan fingerprint density at radius 2 is 2.08 bits per heavy atom. The molecular formula is C17H18IN3O3. The Morgan fingerprint density at radius 3 is 2.62 bits per heavy atom. The van der Waals surface area contributed by atoms with Gasteiger partial charge in [0.25, 0.3) is 5.91 Å². The molecule has 2 rings (SSSR count). The van der Waals surface area contributed by atoms with Crippen LogP contribution in [0.25, 0.3) is 0 Å². The topological polar surface area (TPSA) is 93.4 Å². The maximum Gasteiger partial charge on any atom is 0.306 e. The summed E-state index contributed by atoms with van der Waals surface area (Å²) in [6, 6.07) is 7.56.